The number of fused-ring (bicyclic) bond motifs is 1. The average Bonchev–Trinajstić information content (AvgIpc) is 3.40. The molecule has 0 spiro atoms. The number of benzene rings is 1. The van der Waals surface area contributed by atoms with E-state index in [2.05, 4.69) is 9.97 Å². The van der Waals surface area contributed by atoms with Crippen LogP contribution in [0.5, 0.6) is 5.75 Å². The first-order valence-corrected chi connectivity index (χ1v) is 10.3. The van der Waals surface area contributed by atoms with E-state index >= 15 is 0 Å². The second-order valence-electron chi connectivity index (χ2n) is 6.68. The van der Waals surface area contributed by atoms with E-state index in [0.29, 0.717) is 23.7 Å². The van der Waals surface area contributed by atoms with Crippen molar-refractivity contribution < 1.29 is 14.3 Å². The molecule has 0 radical (unpaired) electrons. The van der Waals surface area contributed by atoms with Crippen molar-refractivity contribution in [3.8, 4) is 16.5 Å². The van der Waals surface area contributed by atoms with Gasteiger partial charge in [0.05, 0.1) is 18.5 Å². The maximum absolute atomic E-state index is 13.1. The number of nitrogens with two attached hydrogens (primary N) is 1. The zero-order valence-electron chi connectivity index (χ0n) is 16.9. The third-order valence-corrected chi connectivity index (χ3v) is 5.70. The molecule has 1 amide bonds. The number of ketones is 1. The number of rotatable bonds is 7. The summed E-state index contributed by atoms with van der Waals surface area (Å²) >= 11 is 1.40. The molecule has 0 saturated heterocycles. The number of Topliss-reactive ketones (excluding diaryl/α,β-unsaturated/α-hetero) is 1. The van der Waals surface area contributed by atoms with Crippen LogP contribution >= 0.6 is 11.3 Å². The van der Waals surface area contributed by atoms with Gasteiger partial charge in [-0.1, -0.05) is 18.2 Å². The van der Waals surface area contributed by atoms with Crippen LogP contribution in [-0.2, 0) is 13.1 Å². The highest BCUT2D eigenvalue weighted by Crippen LogP contribution is 2.25. The van der Waals surface area contributed by atoms with E-state index in [4.69, 9.17) is 10.5 Å². The molecule has 0 atom stereocenters. The Morgan fingerprint density at radius 3 is 2.61 bits per heavy atom. The fraction of sp³-hybridized carbons (Fsp3) is 0.190. The van der Waals surface area contributed by atoms with Crippen LogP contribution in [0.15, 0.2) is 46.6 Å². The lowest BCUT2D eigenvalue weighted by molar-refractivity contribution is 0.0966. The molecular weight excluding hydrogens is 418 g/mol. The minimum atomic E-state index is -0.805. The van der Waals surface area contributed by atoms with Gasteiger partial charge < -0.3 is 10.5 Å². The molecule has 158 valence electrons. The molecule has 9 nitrogen and oxygen atoms in total. The molecule has 4 rings (SSSR count). The second-order valence-corrected chi connectivity index (χ2v) is 7.63. The SMILES string of the molecule is CCn1c(=O)n(CC(=O)c2cccc(OC)c2)c2c(C(N)=O)nc(-c3cccs3)nc21. The second kappa shape index (κ2) is 8.15. The van der Waals surface area contributed by atoms with Crippen molar-refractivity contribution in [1.29, 1.82) is 0 Å². The van der Waals surface area contributed by atoms with Crippen molar-refractivity contribution in [2.24, 2.45) is 5.73 Å². The molecule has 10 heteroatoms. The van der Waals surface area contributed by atoms with E-state index in [-0.39, 0.29) is 29.2 Å². The number of hydrogen-bond acceptors (Lipinski definition) is 7. The zero-order valence-corrected chi connectivity index (χ0v) is 17.7. The number of carbonyl (C=O) groups is 2. The Morgan fingerprint density at radius 2 is 1.97 bits per heavy atom. The highest BCUT2D eigenvalue weighted by atomic mass is 32.1. The Morgan fingerprint density at radius 1 is 1.16 bits per heavy atom. The van der Waals surface area contributed by atoms with Crippen molar-refractivity contribution in [2.45, 2.75) is 20.0 Å². The Balaban J connectivity index is 1.91. The normalized spacial score (nSPS) is 11.0. The lowest BCUT2D eigenvalue weighted by Gasteiger charge is -2.07. The van der Waals surface area contributed by atoms with Gasteiger partial charge in [0.15, 0.2) is 22.9 Å². The van der Waals surface area contributed by atoms with Gasteiger partial charge in [0.1, 0.15) is 11.3 Å². The summed E-state index contributed by atoms with van der Waals surface area (Å²) in [6.07, 6.45) is 0. The van der Waals surface area contributed by atoms with Gasteiger partial charge >= 0.3 is 5.69 Å². The fourth-order valence-electron chi connectivity index (χ4n) is 3.36. The lowest BCUT2D eigenvalue weighted by Crippen LogP contribution is -2.27. The topological polar surface area (TPSA) is 122 Å². The third-order valence-electron chi connectivity index (χ3n) is 4.84. The number of amides is 1. The van der Waals surface area contributed by atoms with Gasteiger partial charge in [-0.3, -0.25) is 18.7 Å². The molecule has 0 bridgehead atoms. The number of primary amides is 1. The van der Waals surface area contributed by atoms with Crippen molar-refractivity contribution in [1.82, 2.24) is 19.1 Å². The number of thiophene rings is 1. The summed E-state index contributed by atoms with van der Waals surface area (Å²) in [7, 11) is 1.50. The molecule has 2 N–H and O–H groups in total. The number of methoxy groups -OCH3 is 1. The maximum atomic E-state index is 13.1. The molecule has 3 heterocycles. The van der Waals surface area contributed by atoms with Gasteiger partial charge in [0.25, 0.3) is 5.91 Å². The van der Waals surface area contributed by atoms with E-state index < -0.39 is 11.6 Å². The third kappa shape index (κ3) is 3.61. The quantitative estimate of drug-likeness (QED) is 0.443. The predicted molar refractivity (Wildman–Crippen MR) is 117 cm³/mol. The van der Waals surface area contributed by atoms with Gasteiger partial charge in [-0.25, -0.2) is 14.8 Å². The van der Waals surface area contributed by atoms with Crippen molar-refractivity contribution in [3.63, 3.8) is 0 Å². The fourth-order valence-corrected chi connectivity index (χ4v) is 4.02. The van der Waals surface area contributed by atoms with Gasteiger partial charge in [0, 0.05) is 12.1 Å². The number of nitrogens with zero attached hydrogens (tertiary/aromatic N) is 4. The summed E-state index contributed by atoms with van der Waals surface area (Å²) in [5.74, 6) is -0.305. The minimum Gasteiger partial charge on any atom is -0.497 e. The zero-order chi connectivity index (χ0) is 22.1. The largest absolute Gasteiger partial charge is 0.497 e. The molecule has 0 fully saturated rings. The maximum Gasteiger partial charge on any atom is 0.330 e. The Kier molecular flexibility index (Phi) is 5.38. The number of aryl methyl sites for hydroxylation is 1. The molecule has 4 aromatic rings. The standard InChI is InChI=1S/C21H19N5O4S/c1-3-25-20-17(16(18(22)28)23-19(24-20)15-8-5-9-31-15)26(21(25)29)11-14(27)12-6-4-7-13(10-12)30-2/h4-10H,3,11H2,1-2H3,(H2,22,28). The molecular formula is C21H19N5O4S. The summed E-state index contributed by atoms with van der Waals surface area (Å²) in [4.78, 5) is 47.9. The van der Waals surface area contributed by atoms with Crippen LogP contribution < -0.4 is 16.2 Å². The molecule has 0 aliphatic rings. The van der Waals surface area contributed by atoms with E-state index in [0.717, 1.165) is 4.88 Å². The lowest BCUT2D eigenvalue weighted by atomic mass is 10.1. The van der Waals surface area contributed by atoms with Crippen LogP contribution in [0, 0.1) is 0 Å². The number of imidazole rings is 1. The summed E-state index contributed by atoms with van der Waals surface area (Å²) in [5, 5.41) is 1.86. The van der Waals surface area contributed by atoms with E-state index in [1.165, 1.54) is 27.6 Å². The van der Waals surface area contributed by atoms with Crippen LogP contribution in [0.4, 0.5) is 0 Å². The first-order chi connectivity index (χ1) is 14.9. The smallest absolute Gasteiger partial charge is 0.330 e. The molecule has 3 aromatic heterocycles. The summed E-state index contributed by atoms with van der Waals surface area (Å²) < 4.78 is 7.77. The number of carbonyl (C=O) groups excluding carboxylic acids is 2. The highest BCUT2D eigenvalue weighted by molar-refractivity contribution is 7.13. The Hall–Kier alpha value is -3.79. The Labute approximate surface area is 180 Å². The van der Waals surface area contributed by atoms with E-state index in [1.54, 1.807) is 31.2 Å². The minimum absolute atomic E-state index is 0.101. The summed E-state index contributed by atoms with van der Waals surface area (Å²) in [6, 6.07) is 10.3. The van der Waals surface area contributed by atoms with E-state index in [9.17, 15) is 14.4 Å². The van der Waals surface area contributed by atoms with Gasteiger partial charge in [-0.15, -0.1) is 11.3 Å². The van der Waals surface area contributed by atoms with Crippen LogP contribution in [0.1, 0.15) is 27.8 Å². The summed E-state index contributed by atoms with van der Waals surface area (Å²) in [6.45, 7) is 1.79. The van der Waals surface area contributed by atoms with Crippen molar-refractivity contribution >= 4 is 34.2 Å². The number of hydrogen-bond donors (Lipinski definition) is 1. The highest BCUT2D eigenvalue weighted by Gasteiger charge is 2.24. The first-order valence-electron chi connectivity index (χ1n) is 9.46. The first kappa shape index (κ1) is 20.5. The van der Waals surface area contributed by atoms with Gasteiger partial charge in [-0.05, 0) is 30.5 Å². The van der Waals surface area contributed by atoms with Crippen molar-refractivity contribution in [3.05, 3.63) is 63.5 Å². The van der Waals surface area contributed by atoms with Gasteiger partial charge in [0.2, 0.25) is 0 Å². The van der Waals surface area contributed by atoms with Crippen LogP contribution in [-0.4, -0.2) is 37.9 Å². The van der Waals surface area contributed by atoms with E-state index in [1.807, 2.05) is 17.5 Å². The van der Waals surface area contributed by atoms with Gasteiger partial charge in [-0.2, -0.15) is 0 Å². The average molecular weight is 437 g/mol. The molecule has 0 aliphatic heterocycles. The molecule has 31 heavy (non-hydrogen) atoms. The monoisotopic (exact) mass is 437 g/mol. The van der Waals surface area contributed by atoms with Crippen LogP contribution in [0.3, 0.4) is 0 Å². The van der Waals surface area contributed by atoms with Crippen molar-refractivity contribution in [2.75, 3.05) is 7.11 Å². The number of ether oxygens (including phenoxy) is 1. The molecule has 1 aromatic carbocycles. The number of aromatic nitrogens is 4. The molecule has 0 saturated carbocycles. The summed E-state index contributed by atoms with van der Waals surface area (Å²) in [5.41, 5.74) is 5.82. The van der Waals surface area contributed by atoms with Crippen LogP contribution in [0.25, 0.3) is 21.9 Å². The van der Waals surface area contributed by atoms with Crippen LogP contribution in [0.2, 0.25) is 0 Å². The molecule has 0 unspecified atom stereocenters. The molecule has 0 aliphatic carbocycles. The predicted octanol–water partition coefficient (Wildman–Crippen LogP) is 2.33. The Bertz CT molecular complexity index is 1350.